The average Bonchev–Trinajstić information content (AvgIpc) is 3.46. The zero-order valence-electron chi connectivity index (χ0n) is 17.1. The molecule has 2 aromatic heterocycles. The molecule has 2 amide bonds. The van der Waals surface area contributed by atoms with E-state index in [4.69, 9.17) is 11.6 Å². The molecule has 1 atom stereocenters. The smallest absolute Gasteiger partial charge is 0.272 e. The van der Waals surface area contributed by atoms with E-state index in [0.29, 0.717) is 44.5 Å². The van der Waals surface area contributed by atoms with Crippen LogP contribution in [0.2, 0.25) is 5.02 Å². The van der Waals surface area contributed by atoms with Gasteiger partial charge in [-0.25, -0.2) is 4.98 Å². The molecule has 1 unspecified atom stereocenters. The molecule has 0 radical (unpaired) electrons. The maximum absolute atomic E-state index is 12.5. The van der Waals surface area contributed by atoms with Crippen LogP contribution in [-0.4, -0.2) is 45.7 Å². The second-order valence-corrected chi connectivity index (χ2v) is 8.52. The standard InChI is InChI=1S/C22H20ClN5O3S/c1-24-21(31)19-15-7-4-13(10-16(15)27-28-19)22-26-11-18(32-22)20(30)25-9-8-17(29)12-2-5-14(23)6-3-12/h2-7,10-11,17,29H,8-9H2,1H3,(H,24,31)(H,25,30)(H,27,28). The Morgan fingerprint density at radius 2 is 1.97 bits per heavy atom. The minimum absolute atomic E-state index is 0.249. The number of nitrogens with zero attached hydrogens (tertiary/aromatic N) is 2. The Morgan fingerprint density at radius 1 is 1.19 bits per heavy atom. The Labute approximate surface area is 192 Å². The maximum Gasteiger partial charge on any atom is 0.272 e. The summed E-state index contributed by atoms with van der Waals surface area (Å²) in [5.74, 6) is -0.514. The minimum atomic E-state index is -0.689. The summed E-state index contributed by atoms with van der Waals surface area (Å²) in [7, 11) is 1.55. The predicted octanol–water partition coefficient (Wildman–Crippen LogP) is 3.55. The van der Waals surface area contributed by atoms with E-state index in [2.05, 4.69) is 25.8 Å². The predicted molar refractivity (Wildman–Crippen MR) is 124 cm³/mol. The molecule has 4 N–H and O–H groups in total. The Morgan fingerprint density at radius 3 is 2.72 bits per heavy atom. The van der Waals surface area contributed by atoms with E-state index in [0.717, 1.165) is 11.1 Å². The number of thiazole rings is 1. The van der Waals surface area contributed by atoms with Crippen LogP contribution in [0, 0.1) is 0 Å². The fourth-order valence-electron chi connectivity index (χ4n) is 3.22. The number of aliphatic hydroxyl groups is 1. The van der Waals surface area contributed by atoms with Crippen molar-refractivity contribution >= 4 is 45.7 Å². The third kappa shape index (κ3) is 4.64. The highest BCUT2D eigenvalue weighted by Gasteiger charge is 2.16. The van der Waals surface area contributed by atoms with Gasteiger partial charge in [0, 0.05) is 29.6 Å². The van der Waals surface area contributed by atoms with Crippen molar-refractivity contribution in [1.82, 2.24) is 25.8 Å². The minimum Gasteiger partial charge on any atom is -0.388 e. The van der Waals surface area contributed by atoms with Gasteiger partial charge in [-0.15, -0.1) is 11.3 Å². The number of carbonyl (C=O) groups excluding carboxylic acids is 2. The molecule has 2 aromatic carbocycles. The number of hydrogen-bond acceptors (Lipinski definition) is 6. The molecule has 0 aliphatic carbocycles. The highest BCUT2D eigenvalue weighted by atomic mass is 35.5. The topological polar surface area (TPSA) is 120 Å². The number of aromatic nitrogens is 3. The van der Waals surface area contributed by atoms with Gasteiger partial charge in [-0.1, -0.05) is 29.8 Å². The van der Waals surface area contributed by atoms with Crippen LogP contribution in [0.15, 0.2) is 48.7 Å². The van der Waals surface area contributed by atoms with E-state index >= 15 is 0 Å². The number of aliphatic hydroxyl groups excluding tert-OH is 1. The molecule has 0 saturated carbocycles. The summed E-state index contributed by atoms with van der Waals surface area (Å²) < 4.78 is 0. The molecule has 10 heteroatoms. The van der Waals surface area contributed by atoms with Gasteiger partial charge in [0.15, 0.2) is 5.69 Å². The van der Waals surface area contributed by atoms with Gasteiger partial charge in [0.25, 0.3) is 11.8 Å². The Kier molecular flexibility index (Phi) is 6.50. The van der Waals surface area contributed by atoms with Crippen LogP contribution < -0.4 is 10.6 Å². The Hall–Kier alpha value is -3.27. The fraction of sp³-hybridized carbons (Fsp3) is 0.182. The van der Waals surface area contributed by atoms with Crippen LogP contribution in [0.25, 0.3) is 21.5 Å². The largest absolute Gasteiger partial charge is 0.388 e. The number of nitrogens with one attached hydrogen (secondary N) is 3. The molecule has 4 rings (SSSR count). The summed E-state index contributed by atoms with van der Waals surface area (Å²) >= 11 is 7.12. The number of fused-ring (bicyclic) bond motifs is 1. The van der Waals surface area contributed by atoms with Crippen molar-refractivity contribution in [3.8, 4) is 10.6 Å². The maximum atomic E-state index is 12.5. The quantitative estimate of drug-likeness (QED) is 0.330. The summed E-state index contributed by atoms with van der Waals surface area (Å²) in [4.78, 5) is 29.2. The lowest BCUT2D eigenvalue weighted by Crippen LogP contribution is -2.24. The Bertz CT molecular complexity index is 1270. The number of aromatic amines is 1. The third-order valence-corrected chi connectivity index (χ3v) is 6.24. The van der Waals surface area contributed by atoms with Gasteiger partial charge in [0.1, 0.15) is 9.88 Å². The van der Waals surface area contributed by atoms with Gasteiger partial charge >= 0.3 is 0 Å². The van der Waals surface area contributed by atoms with Crippen molar-refractivity contribution in [2.24, 2.45) is 0 Å². The number of benzene rings is 2. The summed E-state index contributed by atoms with van der Waals surface area (Å²) in [6, 6.07) is 12.5. The van der Waals surface area contributed by atoms with Crippen molar-refractivity contribution < 1.29 is 14.7 Å². The Balaban J connectivity index is 1.39. The first kappa shape index (κ1) is 21.9. The second-order valence-electron chi connectivity index (χ2n) is 7.05. The molecule has 0 bridgehead atoms. The van der Waals surface area contributed by atoms with E-state index in [9.17, 15) is 14.7 Å². The lowest BCUT2D eigenvalue weighted by Gasteiger charge is -2.11. The van der Waals surface area contributed by atoms with Gasteiger partial charge in [-0.05, 0) is 36.2 Å². The zero-order valence-corrected chi connectivity index (χ0v) is 18.6. The molecule has 164 valence electrons. The number of rotatable bonds is 7. The van der Waals surface area contributed by atoms with Crippen LogP contribution in [0.1, 0.15) is 38.2 Å². The number of amides is 2. The molecule has 4 aromatic rings. The molecular weight excluding hydrogens is 450 g/mol. The van der Waals surface area contributed by atoms with Gasteiger partial charge in [0.05, 0.1) is 17.8 Å². The van der Waals surface area contributed by atoms with E-state index < -0.39 is 6.10 Å². The van der Waals surface area contributed by atoms with Crippen molar-refractivity contribution in [3.63, 3.8) is 0 Å². The van der Waals surface area contributed by atoms with Gasteiger partial charge < -0.3 is 15.7 Å². The molecule has 32 heavy (non-hydrogen) atoms. The van der Waals surface area contributed by atoms with Crippen molar-refractivity contribution in [2.75, 3.05) is 13.6 Å². The monoisotopic (exact) mass is 469 g/mol. The molecule has 0 saturated heterocycles. The molecule has 0 aliphatic heterocycles. The number of halogens is 1. The zero-order chi connectivity index (χ0) is 22.7. The fourth-order valence-corrected chi connectivity index (χ4v) is 4.17. The molecular formula is C22H20ClN5O3S. The van der Waals surface area contributed by atoms with E-state index in [1.54, 1.807) is 37.4 Å². The first-order valence-corrected chi connectivity index (χ1v) is 11.0. The van der Waals surface area contributed by atoms with Gasteiger partial charge in [-0.3, -0.25) is 14.7 Å². The van der Waals surface area contributed by atoms with E-state index in [1.807, 2.05) is 12.1 Å². The van der Waals surface area contributed by atoms with Crippen LogP contribution in [0.5, 0.6) is 0 Å². The van der Waals surface area contributed by atoms with Crippen molar-refractivity contribution in [3.05, 3.63) is 69.8 Å². The molecule has 2 heterocycles. The SMILES string of the molecule is CNC(=O)c1n[nH]c2cc(-c3ncc(C(=O)NCCC(O)c4ccc(Cl)cc4)s3)ccc12. The van der Waals surface area contributed by atoms with Gasteiger partial charge in [-0.2, -0.15) is 5.10 Å². The van der Waals surface area contributed by atoms with Crippen LogP contribution in [0.3, 0.4) is 0 Å². The molecule has 0 fully saturated rings. The second kappa shape index (κ2) is 9.47. The molecule has 0 aliphatic rings. The van der Waals surface area contributed by atoms with Crippen LogP contribution >= 0.6 is 22.9 Å². The molecule has 8 nitrogen and oxygen atoms in total. The summed E-state index contributed by atoms with van der Waals surface area (Å²) in [6.45, 7) is 0.318. The van der Waals surface area contributed by atoms with Crippen LogP contribution in [0.4, 0.5) is 0 Å². The lowest BCUT2D eigenvalue weighted by atomic mass is 10.1. The van der Waals surface area contributed by atoms with E-state index in [1.165, 1.54) is 17.5 Å². The van der Waals surface area contributed by atoms with Crippen molar-refractivity contribution in [2.45, 2.75) is 12.5 Å². The van der Waals surface area contributed by atoms with Gasteiger partial charge in [0.2, 0.25) is 0 Å². The summed E-state index contributed by atoms with van der Waals surface area (Å²) in [5.41, 5.74) is 2.59. The highest BCUT2D eigenvalue weighted by Crippen LogP contribution is 2.28. The summed E-state index contributed by atoms with van der Waals surface area (Å²) in [5, 5.41) is 24.5. The highest BCUT2D eigenvalue weighted by molar-refractivity contribution is 7.16. The molecule has 0 spiro atoms. The average molecular weight is 470 g/mol. The number of carbonyl (C=O) groups is 2. The third-order valence-electron chi connectivity index (χ3n) is 4.94. The lowest BCUT2D eigenvalue weighted by molar-refractivity contribution is 0.0942. The van der Waals surface area contributed by atoms with E-state index in [-0.39, 0.29) is 11.8 Å². The number of H-pyrrole nitrogens is 1. The van der Waals surface area contributed by atoms with Crippen molar-refractivity contribution in [1.29, 1.82) is 0 Å². The normalized spacial score (nSPS) is 12.0. The first-order chi connectivity index (χ1) is 15.5. The summed E-state index contributed by atoms with van der Waals surface area (Å²) in [6.07, 6.45) is 1.21. The number of hydrogen-bond donors (Lipinski definition) is 4. The first-order valence-electron chi connectivity index (χ1n) is 9.84. The van der Waals surface area contributed by atoms with Crippen LogP contribution in [-0.2, 0) is 0 Å².